The lowest BCUT2D eigenvalue weighted by Gasteiger charge is -2.04. The van der Waals surface area contributed by atoms with Crippen molar-refractivity contribution < 1.29 is 14.3 Å². The van der Waals surface area contributed by atoms with Gasteiger partial charge in [-0.1, -0.05) is 12.1 Å². The molecule has 17 heavy (non-hydrogen) atoms. The van der Waals surface area contributed by atoms with E-state index in [4.69, 9.17) is 5.26 Å². The number of carbonyl (C=O) groups is 2. The zero-order valence-electron chi connectivity index (χ0n) is 9.40. The number of esters is 1. The van der Waals surface area contributed by atoms with E-state index >= 15 is 0 Å². The molecule has 0 saturated carbocycles. The number of ether oxygens (including phenoxy) is 1. The van der Waals surface area contributed by atoms with Crippen LogP contribution in [0.2, 0.25) is 0 Å². The molecule has 0 aromatic heterocycles. The minimum absolute atomic E-state index is 0.153. The van der Waals surface area contributed by atoms with Crippen molar-refractivity contribution in [1.82, 2.24) is 5.32 Å². The van der Waals surface area contributed by atoms with Gasteiger partial charge in [-0.2, -0.15) is 5.26 Å². The van der Waals surface area contributed by atoms with Crippen molar-refractivity contribution in [1.29, 1.82) is 5.26 Å². The molecule has 88 valence electrons. The maximum atomic E-state index is 11.1. The second-order valence-corrected chi connectivity index (χ2v) is 3.30. The van der Waals surface area contributed by atoms with Gasteiger partial charge >= 0.3 is 5.97 Å². The summed E-state index contributed by atoms with van der Waals surface area (Å²) in [7, 11) is 1.32. The number of amides is 1. The summed E-state index contributed by atoms with van der Waals surface area (Å²) in [6.07, 6.45) is -0.153. The summed E-state index contributed by atoms with van der Waals surface area (Å²) in [5.41, 5.74) is 1.31. The highest BCUT2D eigenvalue weighted by atomic mass is 16.5. The molecular weight excluding hydrogens is 220 g/mol. The van der Waals surface area contributed by atoms with Crippen molar-refractivity contribution in [2.45, 2.75) is 13.0 Å². The number of carbonyl (C=O) groups excluding carboxylic acids is 2. The Morgan fingerprint density at radius 3 is 2.53 bits per heavy atom. The maximum Gasteiger partial charge on any atom is 0.337 e. The van der Waals surface area contributed by atoms with Gasteiger partial charge in [-0.3, -0.25) is 4.79 Å². The summed E-state index contributed by atoms with van der Waals surface area (Å²) in [5.74, 6) is -0.713. The van der Waals surface area contributed by atoms with Crippen molar-refractivity contribution in [3.8, 4) is 6.07 Å². The fourth-order valence-electron chi connectivity index (χ4n) is 1.21. The lowest BCUT2D eigenvalue weighted by atomic mass is 10.1. The highest BCUT2D eigenvalue weighted by Crippen LogP contribution is 2.05. The summed E-state index contributed by atoms with van der Waals surface area (Å²) >= 11 is 0. The first-order valence-corrected chi connectivity index (χ1v) is 4.98. The molecule has 0 spiro atoms. The third kappa shape index (κ3) is 3.95. The van der Waals surface area contributed by atoms with Gasteiger partial charge in [0.25, 0.3) is 0 Å². The zero-order chi connectivity index (χ0) is 12.7. The minimum Gasteiger partial charge on any atom is -0.465 e. The van der Waals surface area contributed by atoms with Crippen LogP contribution < -0.4 is 5.32 Å². The van der Waals surface area contributed by atoms with E-state index in [1.807, 2.05) is 0 Å². The Bertz CT molecular complexity index is 446. The molecule has 1 N–H and O–H groups in total. The van der Waals surface area contributed by atoms with E-state index in [0.29, 0.717) is 12.1 Å². The van der Waals surface area contributed by atoms with E-state index in [1.165, 1.54) is 7.11 Å². The number of nitrogens with zero attached hydrogens (tertiary/aromatic N) is 1. The quantitative estimate of drug-likeness (QED) is 0.785. The Morgan fingerprint density at radius 1 is 1.35 bits per heavy atom. The smallest absolute Gasteiger partial charge is 0.337 e. The Kier molecular flexibility index (Phi) is 4.70. The molecule has 0 radical (unpaired) electrons. The van der Waals surface area contributed by atoms with Crippen LogP contribution >= 0.6 is 0 Å². The molecule has 1 amide bonds. The van der Waals surface area contributed by atoms with Crippen molar-refractivity contribution in [2.24, 2.45) is 0 Å². The SMILES string of the molecule is COC(=O)c1ccc(CNC(=O)CC#N)cc1. The third-order valence-corrected chi connectivity index (χ3v) is 2.10. The topological polar surface area (TPSA) is 79.2 Å². The standard InChI is InChI=1S/C12H12N2O3/c1-17-12(16)10-4-2-9(3-5-10)8-14-11(15)6-7-13/h2-5H,6,8H2,1H3,(H,14,15). The highest BCUT2D eigenvalue weighted by Gasteiger charge is 2.04. The van der Waals surface area contributed by atoms with Gasteiger partial charge in [0.05, 0.1) is 18.7 Å². The molecular formula is C12H12N2O3. The summed E-state index contributed by atoms with van der Waals surface area (Å²) < 4.78 is 4.56. The normalized spacial score (nSPS) is 9.18. The molecule has 0 aliphatic heterocycles. The van der Waals surface area contributed by atoms with Gasteiger partial charge in [0.1, 0.15) is 6.42 Å². The largest absolute Gasteiger partial charge is 0.465 e. The molecule has 0 fully saturated rings. The Labute approximate surface area is 99.0 Å². The molecule has 1 rings (SSSR count). The fraction of sp³-hybridized carbons (Fsp3) is 0.250. The number of methoxy groups -OCH3 is 1. The monoisotopic (exact) mass is 232 g/mol. The van der Waals surface area contributed by atoms with Crippen LogP contribution in [0.15, 0.2) is 24.3 Å². The molecule has 0 atom stereocenters. The molecule has 0 heterocycles. The average molecular weight is 232 g/mol. The number of benzene rings is 1. The lowest BCUT2D eigenvalue weighted by Crippen LogP contribution is -2.21. The summed E-state index contributed by atoms with van der Waals surface area (Å²) in [6, 6.07) is 8.45. The van der Waals surface area contributed by atoms with E-state index in [1.54, 1.807) is 30.3 Å². The summed E-state index contributed by atoms with van der Waals surface area (Å²) in [4.78, 5) is 22.2. The lowest BCUT2D eigenvalue weighted by molar-refractivity contribution is -0.120. The number of hydrogen-bond donors (Lipinski definition) is 1. The first-order valence-electron chi connectivity index (χ1n) is 4.98. The van der Waals surface area contributed by atoms with Gasteiger partial charge in [0, 0.05) is 6.54 Å². The van der Waals surface area contributed by atoms with Crippen LogP contribution in [0.5, 0.6) is 0 Å². The van der Waals surface area contributed by atoms with Crippen LogP contribution in [0.1, 0.15) is 22.3 Å². The molecule has 5 nitrogen and oxygen atoms in total. The molecule has 0 unspecified atom stereocenters. The number of nitriles is 1. The zero-order valence-corrected chi connectivity index (χ0v) is 9.40. The van der Waals surface area contributed by atoms with Crippen LogP contribution in [0.3, 0.4) is 0 Å². The Balaban J connectivity index is 2.54. The molecule has 1 aromatic carbocycles. The van der Waals surface area contributed by atoms with Gasteiger partial charge < -0.3 is 10.1 Å². The van der Waals surface area contributed by atoms with Crippen molar-refractivity contribution in [3.63, 3.8) is 0 Å². The van der Waals surface area contributed by atoms with Gasteiger partial charge in [0.15, 0.2) is 0 Å². The minimum atomic E-state index is -0.398. The van der Waals surface area contributed by atoms with Crippen molar-refractivity contribution >= 4 is 11.9 Å². The van der Waals surface area contributed by atoms with Gasteiger partial charge in [0.2, 0.25) is 5.91 Å². The van der Waals surface area contributed by atoms with Crippen LogP contribution in [0.25, 0.3) is 0 Å². The van der Waals surface area contributed by atoms with Crippen LogP contribution in [-0.4, -0.2) is 19.0 Å². The first kappa shape index (κ1) is 12.7. The van der Waals surface area contributed by atoms with E-state index in [0.717, 1.165) is 5.56 Å². The summed E-state index contributed by atoms with van der Waals surface area (Å²) in [5, 5.41) is 10.9. The maximum absolute atomic E-state index is 11.1. The predicted octanol–water partition coefficient (Wildman–Crippen LogP) is 1.00. The second kappa shape index (κ2) is 6.28. The molecule has 0 aliphatic rings. The molecule has 0 aliphatic carbocycles. The molecule has 0 bridgehead atoms. The van der Waals surface area contributed by atoms with E-state index < -0.39 is 5.97 Å². The van der Waals surface area contributed by atoms with Crippen molar-refractivity contribution in [2.75, 3.05) is 7.11 Å². The third-order valence-electron chi connectivity index (χ3n) is 2.10. The number of rotatable bonds is 4. The van der Waals surface area contributed by atoms with Crippen LogP contribution in [0.4, 0.5) is 0 Å². The summed E-state index contributed by atoms with van der Waals surface area (Å²) in [6.45, 7) is 0.335. The molecule has 5 heteroatoms. The highest BCUT2D eigenvalue weighted by molar-refractivity contribution is 5.89. The van der Waals surface area contributed by atoms with E-state index in [2.05, 4.69) is 10.1 Å². The van der Waals surface area contributed by atoms with E-state index in [-0.39, 0.29) is 12.3 Å². The predicted molar refractivity (Wildman–Crippen MR) is 59.9 cm³/mol. The van der Waals surface area contributed by atoms with Crippen molar-refractivity contribution in [3.05, 3.63) is 35.4 Å². The average Bonchev–Trinajstić information content (AvgIpc) is 2.36. The van der Waals surface area contributed by atoms with E-state index in [9.17, 15) is 9.59 Å². The number of hydrogen-bond acceptors (Lipinski definition) is 4. The van der Waals surface area contributed by atoms with Crippen LogP contribution in [-0.2, 0) is 16.1 Å². The molecule has 1 aromatic rings. The van der Waals surface area contributed by atoms with Crippen LogP contribution in [0, 0.1) is 11.3 Å². The fourth-order valence-corrected chi connectivity index (χ4v) is 1.21. The second-order valence-electron chi connectivity index (χ2n) is 3.30. The molecule has 0 saturated heterocycles. The Hall–Kier alpha value is -2.35. The van der Waals surface area contributed by atoms with Gasteiger partial charge in [-0.25, -0.2) is 4.79 Å². The van der Waals surface area contributed by atoms with Gasteiger partial charge in [-0.15, -0.1) is 0 Å². The first-order chi connectivity index (χ1) is 8.17. The van der Waals surface area contributed by atoms with Gasteiger partial charge in [-0.05, 0) is 17.7 Å². The Morgan fingerprint density at radius 2 is 2.00 bits per heavy atom. The number of nitrogens with one attached hydrogen (secondary N) is 1.